The first-order valence-corrected chi connectivity index (χ1v) is 7.20. The Hall–Kier alpha value is -2.28. The monoisotopic (exact) mass is 281 g/mol. The molecular formula is C20H27N. The van der Waals surface area contributed by atoms with Crippen LogP contribution in [0.4, 0.5) is 0 Å². The van der Waals surface area contributed by atoms with Crippen LogP contribution >= 0.6 is 0 Å². The largest absolute Gasteiger partial charge is 0.311 e. The van der Waals surface area contributed by atoms with Crippen LogP contribution in [-0.2, 0) is 0 Å². The highest BCUT2D eigenvalue weighted by Crippen LogP contribution is 2.23. The first-order valence-electron chi connectivity index (χ1n) is 7.20. The second-order valence-electron chi connectivity index (χ2n) is 4.20. The Morgan fingerprint density at radius 1 is 0.762 bits per heavy atom. The van der Waals surface area contributed by atoms with Gasteiger partial charge in [0.15, 0.2) is 0 Å². The molecule has 0 aliphatic heterocycles. The summed E-state index contributed by atoms with van der Waals surface area (Å²) in [6.45, 7) is 15.8. The maximum atomic E-state index is 3.92. The molecule has 0 unspecified atom stereocenters. The molecule has 0 heterocycles. The molecule has 0 spiro atoms. The van der Waals surface area contributed by atoms with Crippen LogP contribution in [0.15, 0.2) is 97.1 Å². The summed E-state index contributed by atoms with van der Waals surface area (Å²) in [7, 11) is 0. The minimum atomic E-state index is 0.977. The van der Waals surface area contributed by atoms with Crippen LogP contribution < -0.4 is 0 Å². The van der Waals surface area contributed by atoms with Gasteiger partial charge in [-0.3, -0.25) is 0 Å². The molecule has 0 aliphatic carbocycles. The highest BCUT2D eigenvalue weighted by atomic mass is 15.2. The average Bonchev–Trinajstić information content (AvgIpc) is 2.50. The van der Waals surface area contributed by atoms with Gasteiger partial charge in [-0.15, -0.1) is 0 Å². The molecule has 112 valence electrons. The summed E-state index contributed by atoms with van der Waals surface area (Å²) in [5.74, 6) is 0. The number of hydrogen-bond donors (Lipinski definition) is 0. The van der Waals surface area contributed by atoms with E-state index in [4.69, 9.17) is 0 Å². The van der Waals surface area contributed by atoms with Crippen molar-refractivity contribution in [1.82, 2.24) is 4.90 Å². The van der Waals surface area contributed by atoms with Gasteiger partial charge in [-0.1, -0.05) is 49.6 Å². The molecule has 0 fully saturated rings. The van der Waals surface area contributed by atoms with Crippen molar-refractivity contribution >= 4 is 0 Å². The number of hydrogen-bond acceptors (Lipinski definition) is 1. The summed E-state index contributed by atoms with van der Waals surface area (Å²) in [5, 5.41) is 0. The molecule has 1 heteroatoms. The molecule has 0 aromatic carbocycles. The van der Waals surface area contributed by atoms with E-state index in [0.29, 0.717) is 0 Å². The topological polar surface area (TPSA) is 3.24 Å². The third-order valence-electron chi connectivity index (χ3n) is 2.70. The smallest absolute Gasteiger partial charge is 0.0458 e. The van der Waals surface area contributed by atoms with Crippen LogP contribution in [0.5, 0.6) is 0 Å². The lowest BCUT2D eigenvalue weighted by atomic mass is 10.2. The highest BCUT2D eigenvalue weighted by Gasteiger charge is 2.12. The maximum Gasteiger partial charge on any atom is 0.0458 e. The second kappa shape index (κ2) is 11.5. The first kappa shape index (κ1) is 18.7. The lowest BCUT2D eigenvalue weighted by molar-refractivity contribution is 0.577. The average molecular weight is 281 g/mol. The van der Waals surface area contributed by atoms with Crippen molar-refractivity contribution in [2.45, 2.75) is 27.7 Å². The van der Waals surface area contributed by atoms with Crippen LogP contribution in [0.1, 0.15) is 27.7 Å². The zero-order chi connectivity index (χ0) is 16.1. The van der Waals surface area contributed by atoms with E-state index < -0.39 is 0 Å². The lowest BCUT2D eigenvalue weighted by Crippen LogP contribution is -2.19. The molecule has 0 aromatic rings. The van der Waals surface area contributed by atoms with E-state index in [2.05, 4.69) is 42.4 Å². The Labute approximate surface area is 130 Å². The Balaban J connectivity index is 6.17. The van der Waals surface area contributed by atoms with Gasteiger partial charge in [-0.05, 0) is 58.1 Å². The van der Waals surface area contributed by atoms with E-state index in [9.17, 15) is 0 Å². The first-order chi connectivity index (χ1) is 10.2. The molecule has 0 amide bonds. The van der Waals surface area contributed by atoms with E-state index in [-0.39, 0.29) is 0 Å². The van der Waals surface area contributed by atoms with Gasteiger partial charge in [0.1, 0.15) is 0 Å². The molecule has 0 saturated carbocycles. The molecule has 0 aromatic heterocycles. The predicted octanol–water partition coefficient (Wildman–Crippen LogP) is 6.06. The van der Waals surface area contributed by atoms with Crippen molar-refractivity contribution in [3.63, 3.8) is 0 Å². The third kappa shape index (κ3) is 6.13. The summed E-state index contributed by atoms with van der Waals surface area (Å²) in [6, 6.07) is 0. The molecule has 1 nitrogen and oxygen atoms in total. The van der Waals surface area contributed by atoms with E-state index in [1.807, 2.05) is 64.2 Å². The summed E-state index contributed by atoms with van der Waals surface area (Å²) in [4.78, 5) is 2.15. The molecule has 0 N–H and O–H groups in total. The molecule has 0 aliphatic rings. The zero-order valence-electron chi connectivity index (χ0n) is 13.7. The van der Waals surface area contributed by atoms with Crippen LogP contribution in [-0.4, -0.2) is 4.90 Å². The van der Waals surface area contributed by atoms with Crippen LogP contribution in [0.25, 0.3) is 0 Å². The summed E-state index contributed by atoms with van der Waals surface area (Å²) in [5.41, 5.74) is 3.12. The van der Waals surface area contributed by atoms with Crippen molar-refractivity contribution in [3.8, 4) is 0 Å². The van der Waals surface area contributed by atoms with Gasteiger partial charge < -0.3 is 4.90 Å². The van der Waals surface area contributed by atoms with Crippen LogP contribution in [0.3, 0.4) is 0 Å². The van der Waals surface area contributed by atoms with E-state index >= 15 is 0 Å². The Kier molecular flexibility index (Phi) is 10.3. The van der Waals surface area contributed by atoms with Crippen molar-refractivity contribution in [3.05, 3.63) is 97.1 Å². The molecule has 0 saturated heterocycles. The number of allylic oxidation sites excluding steroid dienone is 11. The van der Waals surface area contributed by atoms with Gasteiger partial charge >= 0.3 is 0 Å². The molecule has 0 atom stereocenters. The fraction of sp³-hybridized carbons (Fsp3) is 0.200. The van der Waals surface area contributed by atoms with Gasteiger partial charge in [-0.2, -0.15) is 0 Å². The zero-order valence-corrected chi connectivity index (χ0v) is 13.7. The lowest BCUT2D eigenvalue weighted by Gasteiger charge is -2.28. The molecule has 21 heavy (non-hydrogen) atoms. The minimum Gasteiger partial charge on any atom is -0.311 e. The van der Waals surface area contributed by atoms with E-state index in [1.54, 1.807) is 6.08 Å². The molecule has 0 rings (SSSR count). The highest BCUT2D eigenvalue weighted by molar-refractivity contribution is 5.39. The summed E-state index contributed by atoms with van der Waals surface area (Å²) >= 11 is 0. The van der Waals surface area contributed by atoms with Crippen molar-refractivity contribution in [2.24, 2.45) is 0 Å². The second-order valence-corrected chi connectivity index (χ2v) is 4.20. The van der Waals surface area contributed by atoms with E-state index in [0.717, 1.165) is 17.1 Å². The normalized spacial score (nSPS) is 14.4. The van der Waals surface area contributed by atoms with E-state index in [1.165, 1.54) is 0 Å². The Morgan fingerprint density at radius 2 is 1.38 bits per heavy atom. The van der Waals surface area contributed by atoms with Crippen molar-refractivity contribution in [1.29, 1.82) is 0 Å². The van der Waals surface area contributed by atoms with Crippen molar-refractivity contribution in [2.75, 3.05) is 0 Å². The standard InChI is InChI=1S/C20H27N/c1-7-13-17-20(16-10-4)21(18(11-5)14-8-2)19(12-6)15-9-3/h7-17H,2,5H2,1,3-4,6H3/b13-7-,15-9-,16-10-,18-14+,19-12+,20-17+. The van der Waals surface area contributed by atoms with Gasteiger partial charge in [0, 0.05) is 17.1 Å². The van der Waals surface area contributed by atoms with Gasteiger partial charge in [-0.25, -0.2) is 0 Å². The van der Waals surface area contributed by atoms with Crippen LogP contribution in [0, 0.1) is 0 Å². The quantitative estimate of drug-likeness (QED) is 0.489. The minimum absolute atomic E-state index is 0.977. The number of rotatable bonds is 8. The number of nitrogens with zero attached hydrogens (tertiary/aromatic N) is 1. The maximum absolute atomic E-state index is 3.92. The van der Waals surface area contributed by atoms with Crippen molar-refractivity contribution < 1.29 is 0 Å². The fourth-order valence-corrected chi connectivity index (χ4v) is 1.84. The Bertz CT molecular complexity index is 508. The van der Waals surface area contributed by atoms with Gasteiger partial charge in [0.05, 0.1) is 0 Å². The predicted molar refractivity (Wildman–Crippen MR) is 96.6 cm³/mol. The van der Waals surface area contributed by atoms with Crippen LogP contribution in [0.2, 0.25) is 0 Å². The SMILES string of the molecule is C=C/C=C(\C=C)N(C(/C=C\C)=C/C)C(/C=C\C)=C/C=C\C. The molecular weight excluding hydrogens is 254 g/mol. The third-order valence-corrected chi connectivity index (χ3v) is 2.70. The Morgan fingerprint density at radius 3 is 1.81 bits per heavy atom. The van der Waals surface area contributed by atoms with Gasteiger partial charge in [0.2, 0.25) is 0 Å². The summed E-state index contributed by atoms with van der Waals surface area (Å²) in [6.07, 6.45) is 22.0. The van der Waals surface area contributed by atoms with Gasteiger partial charge in [0.25, 0.3) is 0 Å². The summed E-state index contributed by atoms with van der Waals surface area (Å²) < 4.78 is 0. The molecule has 0 bridgehead atoms. The molecule has 0 radical (unpaired) electrons. The fourth-order valence-electron chi connectivity index (χ4n) is 1.84.